The van der Waals surface area contributed by atoms with Gasteiger partial charge >= 0.3 is 0 Å². The van der Waals surface area contributed by atoms with Gasteiger partial charge in [0, 0.05) is 30.6 Å². The normalized spacial score (nSPS) is 13.8. The van der Waals surface area contributed by atoms with Gasteiger partial charge < -0.3 is 4.57 Å². The third-order valence-electron chi connectivity index (χ3n) is 4.73. The molecular formula is C18H21FN2O5S. The van der Waals surface area contributed by atoms with Crippen molar-refractivity contribution in [2.75, 3.05) is 6.26 Å². The van der Waals surface area contributed by atoms with Crippen LogP contribution in [0.25, 0.3) is 11.1 Å². The minimum absolute atomic E-state index is 0.0770. The lowest BCUT2D eigenvalue weighted by molar-refractivity contribution is -0.131. The summed E-state index contributed by atoms with van der Waals surface area (Å²) in [6, 6.07) is 7.67. The molecule has 0 aliphatic carbocycles. The van der Waals surface area contributed by atoms with Crippen LogP contribution in [-0.4, -0.2) is 35.1 Å². The summed E-state index contributed by atoms with van der Waals surface area (Å²) in [5.41, 5.74) is 2.04. The standard InChI is InChI=1S/C18H21FN2O5S/c1-12-5-4-6-14(16(12)19)13-7-9-21(15(22)11-13)10-8-18(2,17(23)20-24)27(3,25)26/h4-7,9,11,24H,8,10H2,1-3H3,(H,20,23). The molecule has 1 aromatic carbocycles. The van der Waals surface area contributed by atoms with Gasteiger partial charge in [-0.05, 0) is 37.5 Å². The number of nitrogens with zero attached hydrogens (tertiary/aromatic N) is 1. The van der Waals surface area contributed by atoms with Gasteiger partial charge in [-0.1, -0.05) is 18.2 Å². The Morgan fingerprint density at radius 3 is 2.56 bits per heavy atom. The number of hydrogen-bond acceptors (Lipinski definition) is 5. The van der Waals surface area contributed by atoms with Crippen molar-refractivity contribution in [1.82, 2.24) is 10.0 Å². The van der Waals surface area contributed by atoms with Gasteiger partial charge in [-0.25, -0.2) is 18.3 Å². The maximum absolute atomic E-state index is 14.2. The fraction of sp³-hybridized carbons (Fsp3) is 0.333. The monoisotopic (exact) mass is 396 g/mol. The molecule has 0 bridgehead atoms. The van der Waals surface area contributed by atoms with Crippen LogP contribution < -0.4 is 11.0 Å². The quantitative estimate of drug-likeness (QED) is 0.571. The molecule has 0 radical (unpaired) electrons. The molecule has 0 aliphatic heterocycles. The first-order valence-electron chi connectivity index (χ1n) is 8.11. The Kier molecular flexibility index (Phi) is 5.86. The van der Waals surface area contributed by atoms with Crippen molar-refractivity contribution in [3.8, 4) is 11.1 Å². The molecule has 0 saturated heterocycles. The summed E-state index contributed by atoms with van der Waals surface area (Å²) in [7, 11) is -3.86. The average Bonchev–Trinajstić information content (AvgIpc) is 2.61. The number of aromatic nitrogens is 1. The highest BCUT2D eigenvalue weighted by Crippen LogP contribution is 2.24. The Morgan fingerprint density at radius 2 is 2.00 bits per heavy atom. The summed E-state index contributed by atoms with van der Waals surface area (Å²) < 4.78 is 37.5. The lowest BCUT2D eigenvalue weighted by Crippen LogP contribution is -2.49. The zero-order chi connectivity index (χ0) is 20.4. The predicted molar refractivity (Wildman–Crippen MR) is 98.6 cm³/mol. The van der Waals surface area contributed by atoms with Crippen LogP contribution in [0.2, 0.25) is 0 Å². The van der Waals surface area contributed by atoms with Crippen molar-refractivity contribution >= 4 is 15.7 Å². The molecule has 146 valence electrons. The molecule has 2 aromatic rings. The summed E-state index contributed by atoms with van der Waals surface area (Å²) in [6.45, 7) is 2.72. The number of hydrogen-bond donors (Lipinski definition) is 2. The summed E-state index contributed by atoms with van der Waals surface area (Å²) in [5, 5.41) is 8.83. The van der Waals surface area contributed by atoms with Crippen molar-refractivity contribution in [2.24, 2.45) is 0 Å². The molecule has 1 amide bonds. The molecule has 27 heavy (non-hydrogen) atoms. The van der Waals surface area contributed by atoms with Crippen LogP contribution in [0.5, 0.6) is 0 Å². The Morgan fingerprint density at radius 1 is 1.33 bits per heavy atom. The maximum atomic E-state index is 14.2. The third kappa shape index (κ3) is 4.09. The van der Waals surface area contributed by atoms with Crippen LogP contribution >= 0.6 is 0 Å². The van der Waals surface area contributed by atoms with E-state index in [1.54, 1.807) is 31.2 Å². The second kappa shape index (κ2) is 7.61. The van der Waals surface area contributed by atoms with E-state index in [2.05, 4.69) is 0 Å². The molecule has 1 unspecified atom stereocenters. The van der Waals surface area contributed by atoms with Gasteiger partial charge in [0.2, 0.25) is 0 Å². The molecule has 7 nitrogen and oxygen atoms in total. The largest absolute Gasteiger partial charge is 0.315 e. The van der Waals surface area contributed by atoms with Crippen molar-refractivity contribution in [3.05, 3.63) is 58.3 Å². The number of benzene rings is 1. The highest BCUT2D eigenvalue weighted by Gasteiger charge is 2.43. The first-order valence-corrected chi connectivity index (χ1v) is 10.0. The van der Waals surface area contributed by atoms with Crippen molar-refractivity contribution in [3.63, 3.8) is 0 Å². The highest BCUT2D eigenvalue weighted by atomic mass is 32.2. The van der Waals surface area contributed by atoms with E-state index in [-0.39, 0.29) is 13.0 Å². The zero-order valence-electron chi connectivity index (χ0n) is 15.2. The zero-order valence-corrected chi connectivity index (χ0v) is 16.0. The van der Waals surface area contributed by atoms with Crippen LogP contribution in [0.3, 0.4) is 0 Å². The second-order valence-corrected chi connectivity index (χ2v) is 9.02. The molecule has 1 atom stereocenters. The van der Waals surface area contributed by atoms with Crippen molar-refractivity contribution < 1.29 is 22.8 Å². The molecule has 0 aliphatic rings. The van der Waals surface area contributed by atoms with Crippen LogP contribution in [0.1, 0.15) is 18.9 Å². The first kappa shape index (κ1) is 20.8. The Hall–Kier alpha value is -2.52. The Labute approximate surface area is 156 Å². The van der Waals surface area contributed by atoms with E-state index in [4.69, 9.17) is 5.21 Å². The number of halogens is 1. The van der Waals surface area contributed by atoms with Crippen LogP contribution in [-0.2, 0) is 21.2 Å². The molecule has 2 rings (SSSR count). The summed E-state index contributed by atoms with van der Waals surface area (Å²) in [4.78, 5) is 24.2. The molecule has 1 heterocycles. The fourth-order valence-electron chi connectivity index (χ4n) is 2.65. The van der Waals surface area contributed by atoms with Gasteiger partial charge in [0.15, 0.2) is 14.6 Å². The van der Waals surface area contributed by atoms with E-state index in [0.717, 1.165) is 6.26 Å². The molecule has 0 saturated carbocycles. The summed E-state index contributed by atoms with van der Waals surface area (Å²) >= 11 is 0. The van der Waals surface area contributed by atoms with E-state index in [1.165, 1.54) is 29.2 Å². The lowest BCUT2D eigenvalue weighted by Gasteiger charge is -2.25. The van der Waals surface area contributed by atoms with Gasteiger partial charge in [-0.2, -0.15) is 0 Å². The minimum Gasteiger partial charge on any atom is -0.315 e. The average molecular weight is 396 g/mol. The smallest absolute Gasteiger partial charge is 0.264 e. The third-order valence-corrected chi connectivity index (χ3v) is 6.76. The van der Waals surface area contributed by atoms with E-state index < -0.39 is 31.9 Å². The van der Waals surface area contributed by atoms with Crippen LogP contribution in [0, 0.1) is 12.7 Å². The van der Waals surface area contributed by atoms with Crippen molar-refractivity contribution in [1.29, 1.82) is 0 Å². The van der Waals surface area contributed by atoms with E-state index in [9.17, 15) is 22.4 Å². The Bertz CT molecular complexity index is 1030. The Balaban J connectivity index is 2.33. The number of carbonyl (C=O) groups is 1. The molecular weight excluding hydrogens is 375 g/mol. The van der Waals surface area contributed by atoms with Crippen LogP contribution in [0.4, 0.5) is 4.39 Å². The SMILES string of the molecule is Cc1cccc(-c2ccn(CCC(C)(C(=O)NO)S(C)(=O)=O)c(=O)c2)c1F. The number of aryl methyl sites for hydroxylation is 2. The van der Waals surface area contributed by atoms with E-state index in [1.807, 2.05) is 0 Å². The van der Waals surface area contributed by atoms with Crippen molar-refractivity contribution in [2.45, 2.75) is 31.6 Å². The number of sulfone groups is 1. The van der Waals surface area contributed by atoms with E-state index >= 15 is 0 Å². The number of nitrogens with one attached hydrogen (secondary N) is 1. The first-order chi connectivity index (χ1) is 12.5. The lowest BCUT2D eigenvalue weighted by atomic mass is 10.0. The van der Waals surface area contributed by atoms with Gasteiger partial charge in [-0.15, -0.1) is 0 Å². The van der Waals surface area contributed by atoms with E-state index in [0.29, 0.717) is 16.7 Å². The fourth-order valence-corrected chi connectivity index (χ4v) is 3.49. The minimum atomic E-state index is -3.86. The van der Waals surface area contributed by atoms with Gasteiger partial charge in [0.1, 0.15) is 5.82 Å². The van der Waals surface area contributed by atoms with Gasteiger partial charge in [0.05, 0.1) is 0 Å². The summed E-state index contributed by atoms with van der Waals surface area (Å²) in [6.07, 6.45) is 2.07. The highest BCUT2D eigenvalue weighted by molar-refractivity contribution is 7.92. The molecule has 0 spiro atoms. The number of amides is 1. The number of hydroxylamine groups is 1. The van der Waals surface area contributed by atoms with Gasteiger partial charge in [-0.3, -0.25) is 14.8 Å². The topological polar surface area (TPSA) is 105 Å². The molecule has 1 aromatic heterocycles. The van der Waals surface area contributed by atoms with Crippen LogP contribution in [0.15, 0.2) is 41.3 Å². The second-order valence-electron chi connectivity index (χ2n) is 6.58. The number of rotatable bonds is 6. The molecule has 9 heteroatoms. The molecule has 0 fully saturated rings. The number of carbonyl (C=O) groups excluding carboxylic acids is 1. The number of pyridine rings is 1. The predicted octanol–water partition coefficient (Wildman–Crippen LogP) is 1.66. The van der Waals surface area contributed by atoms with Gasteiger partial charge in [0.25, 0.3) is 11.5 Å². The molecule has 2 N–H and O–H groups in total. The maximum Gasteiger partial charge on any atom is 0.264 e. The summed E-state index contributed by atoms with van der Waals surface area (Å²) in [5.74, 6) is -1.49.